The number of nitrogens with one attached hydrogen (secondary N) is 1. The van der Waals surface area contributed by atoms with Crippen molar-refractivity contribution in [2.45, 2.75) is 51.6 Å². The van der Waals surface area contributed by atoms with E-state index in [1.807, 2.05) is 36.1 Å². The fraction of sp³-hybridized carbons (Fsp3) is 0.476. The first-order valence-electron chi connectivity index (χ1n) is 9.86. The van der Waals surface area contributed by atoms with Crippen molar-refractivity contribution < 1.29 is 9.59 Å². The van der Waals surface area contributed by atoms with E-state index in [1.54, 1.807) is 0 Å². The van der Waals surface area contributed by atoms with Crippen LogP contribution in [0.15, 0.2) is 24.3 Å². The Morgan fingerprint density at radius 2 is 2.18 bits per heavy atom. The van der Waals surface area contributed by atoms with Gasteiger partial charge in [0.05, 0.1) is 9.88 Å². The molecule has 148 valence electrons. The van der Waals surface area contributed by atoms with Gasteiger partial charge in [-0.3, -0.25) is 9.59 Å². The van der Waals surface area contributed by atoms with Gasteiger partial charge >= 0.3 is 0 Å². The maximum absolute atomic E-state index is 13.6. The van der Waals surface area contributed by atoms with Crippen molar-refractivity contribution in [2.24, 2.45) is 11.7 Å². The lowest BCUT2D eigenvalue weighted by atomic mass is 10.0. The van der Waals surface area contributed by atoms with Crippen molar-refractivity contribution in [1.29, 1.82) is 0 Å². The van der Waals surface area contributed by atoms with Crippen LogP contribution in [0.1, 0.15) is 48.1 Å². The minimum atomic E-state index is -0.121. The highest BCUT2D eigenvalue weighted by atomic mass is 32.1. The van der Waals surface area contributed by atoms with Crippen LogP contribution >= 0.6 is 11.3 Å². The molecule has 2 aliphatic rings. The SMILES string of the molecule is CC(=O)Nc1cccc(-c2sc(C)nc2C(=O)N2[C@H](CN)C[C@@H]3CCC[C@@H]32)c1. The standard InChI is InChI=1S/C21H26N4O2S/c1-12(26)23-16-7-3-6-15(9-16)20-19(24-13(2)28-20)21(27)25-17(11-22)10-14-5-4-8-18(14)25/h3,6-7,9,14,17-18H,4-5,8,10-11,22H2,1-2H3,(H,23,26)/t14-,17-,18-/m0/s1. The van der Waals surface area contributed by atoms with Crippen LogP contribution in [0, 0.1) is 12.8 Å². The Morgan fingerprint density at radius 1 is 1.36 bits per heavy atom. The molecule has 28 heavy (non-hydrogen) atoms. The van der Waals surface area contributed by atoms with Crippen molar-refractivity contribution in [3.63, 3.8) is 0 Å². The van der Waals surface area contributed by atoms with E-state index in [2.05, 4.69) is 10.3 Å². The first-order valence-corrected chi connectivity index (χ1v) is 10.7. The zero-order chi connectivity index (χ0) is 19.8. The smallest absolute Gasteiger partial charge is 0.274 e. The summed E-state index contributed by atoms with van der Waals surface area (Å²) in [5.41, 5.74) is 8.13. The third-order valence-electron chi connectivity index (χ3n) is 5.83. The fourth-order valence-electron chi connectivity index (χ4n) is 4.75. The second-order valence-electron chi connectivity index (χ2n) is 7.77. The Hall–Kier alpha value is -2.25. The summed E-state index contributed by atoms with van der Waals surface area (Å²) in [4.78, 5) is 32.4. The normalized spacial score (nSPS) is 23.7. The summed E-state index contributed by atoms with van der Waals surface area (Å²) >= 11 is 1.51. The highest BCUT2D eigenvalue weighted by Gasteiger charge is 2.46. The maximum atomic E-state index is 13.6. The molecule has 4 rings (SSSR count). The number of nitrogens with two attached hydrogens (primary N) is 1. The molecule has 1 saturated heterocycles. The van der Waals surface area contributed by atoms with Crippen molar-refractivity contribution >= 4 is 28.8 Å². The molecule has 2 aromatic rings. The van der Waals surface area contributed by atoms with E-state index in [9.17, 15) is 9.59 Å². The summed E-state index contributed by atoms with van der Waals surface area (Å²) in [6, 6.07) is 7.97. The quantitative estimate of drug-likeness (QED) is 0.826. The number of amides is 2. The molecular weight excluding hydrogens is 372 g/mol. The number of carbonyl (C=O) groups excluding carboxylic acids is 2. The summed E-state index contributed by atoms with van der Waals surface area (Å²) < 4.78 is 0. The third kappa shape index (κ3) is 3.44. The van der Waals surface area contributed by atoms with Gasteiger partial charge in [-0.15, -0.1) is 11.3 Å². The predicted molar refractivity (Wildman–Crippen MR) is 111 cm³/mol. The number of fused-ring (bicyclic) bond motifs is 1. The molecule has 1 saturated carbocycles. The third-order valence-corrected chi connectivity index (χ3v) is 6.85. The molecule has 3 atom stereocenters. The number of likely N-dealkylation sites (tertiary alicyclic amines) is 1. The number of benzene rings is 1. The minimum absolute atomic E-state index is 0.00544. The number of anilines is 1. The topological polar surface area (TPSA) is 88.3 Å². The lowest BCUT2D eigenvalue weighted by Gasteiger charge is -2.29. The fourth-order valence-corrected chi connectivity index (χ4v) is 5.66. The predicted octanol–water partition coefficient (Wildman–Crippen LogP) is 3.42. The molecule has 0 unspecified atom stereocenters. The second-order valence-corrected chi connectivity index (χ2v) is 8.97. The van der Waals surface area contributed by atoms with Crippen LogP contribution in [0.3, 0.4) is 0 Å². The molecule has 1 aromatic carbocycles. The van der Waals surface area contributed by atoms with Crippen molar-refractivity contribution in [1.82, 2.24) is 9.88 Å². The Labute approximate surface area is 169 Å². The molecule has 2 fully saturated rings. The van der Waals surface area contributed by atoms with Gasteiger partial charge in [-0.1, -0.05) is 18.6 Å². The van der Waals surface area contributed by atoms with Crippen LogP contribution < -0.4 is 11.1 Å². The molecular formula is C21H26N4O2S. The zero-order valence-electron chi connectivity index (χ0n) is 16.3. The van der Waals surface area contributed by atoms with Gasteiger partial charge in [0.15, 0.2) is 0 Å². The van der Waals surface area contributed by atoms with Crippen LogP contribution in [-0.4, -0.2) is 40.3 Å². The van der Waals surface area contributed by atoms with Crippen molar-refractivity contribution in [3.8, 4) is 10.4 Å². The lowest BCUT2D eigenvalue weighted by Crippen LogP contribution is -2.44. The summed E-state index contributed by atoms with van der Waals surface area (Å²) in [5, 5.41) is 3.66. The molecule has 1 aliphatic carbocycles. The molecule has 3 N–H and O–H groups in total. The van der Waals surface area contributed by atoms with E-state index in [0.717, 1.165) is 28.3 Å². The van der Waals surface area contributed by atoms with Crippen LogP contribution in [0.5, 0.6) is 0 Å². The average molecular weight is 399 g/mol. The van der Waals surface area contributed by atoms with Gasteiger partial charge in [-0.2, -0.15) is 0 Å². The number of carbonyl (C=O) groups is 2. The summed E-state index contributed by atoms with van der Waals surface area (Å²) in [6.45, 7) is 3.90. The first-order chi connectivity index (χ1) is 13.5. The number of aromatic nitrogens is 1. The van der Waals surface area contributed by atoms with Crippen LogP contribution in [-0.2, 0) is 4.79 Å². The van der Waals surface area contributed by atoms with Crippen LogP contribution in [0.4, 0.5) is 5.69 Å². The maximum Gasteiger partial charge on any atom is 0.274 e. The van der Waals surface area contributed by atoms with Gasteiger partial charge in [0.2, 0.25) is 5.91 Å². The van der Waals surface area contributed by atoms with Crippen LogP contribution in [0.2, 0.25) is 0 Å². The molecule has 1 aliphatic heterocycles. The summed E-state index contributed by atoms with van der Waals surface area (Å²) in [7, 11) is 0. The van der Waals surface area contributed by atoms with E-state index in [4.69, 9.17) is 5.73 Å². The highest BCUT2D eigenvalue weighted by Crippen LogP contribution is 2.43. The zero-order valence-corrected chi connectivity index (χ0v) is 17.1. The number of thiazole rings is 1. The van der Waals surface area contributed by atoms with E-state index in [-0.39, 0.29) is 17.9 Å². The van der Waals surface area contributed by atoms with Crippen molar-refractivity contribution in [3.05, 3.63) is 35.0 Å². The Balaban J connectivity index is 1.70. The van der Waals surface area contributed by atoms with Gasteiger partial charge in [0, 0.05) is 31.2 Å². The molecule has 7 heteroatoms. The molecule has 0 spiro atoms. The molecule has 6 nitrogen and oxygen atoms in total. The largest absolute Gasteiger partial charge is 0.330 e. The summed E-state index contributed by atoms with van der Waals surface area (Å²) in [6.07, 6.45) is 4.43. The van der Waals surface area contributed by atoms with Gasteiger partial charge in [-0.05, 0) is 49.8 Å². The number of aryl methyl sites for hydroxylation is 1. The van der Waals surface area contributed by atoms with Crippen LogP contribution in [0.25, 0.3) is 10.4 Å². The Bertz CT molecular complexity index is 910. The number of hydrogen-bond donors (Lipinski definition) is 2. The molecule has 2 amide bonds. The van der Waals surface area contributed by atoms with Gasteiger partial charge in [0.25, 0.3) is 5.91 Å². The molecule has 2 heterocycles. The second kappa shape index (κ2) is 7.64. The van der Waals surface area contributed by atoms with E-state index in [0.29, 0.717) is 29.9 Å². The Kier molecular flexibility index (Phi) is 5.21. The number of nitrogens with zero attached hydrogens (tertiary/aromatic N) is 2. The molecule has 0 radical (unpaired) electrons. The van der Waals surface area contributed by atoms with E-state index >= 15 is 0 Å². The van der Waals surface area contributed by atoms with E-state index in [1.165, 1.54) is 31.1 Å². The first kappa shape index (κ1) is 19.1. The van der Waals surface area contributed by atoms with E-state index < -0.39 is 0 Å². The van der Waals surface area contributed by atoms with Gasteiger partial charge < -0.3 is 16.0 Å². The number of rotatable bonds is 4. The number of hydrogen-bond acceptors (Lipinski definition) is 5. The molecule has 0 bridgehead atoms. The molecule has 1 aromatic heterocycles. The van der Waals surface area contributed by atoms with Gasteiger partial charge in [0.1, 0.15) is 5.69 Å². The average Bonchev–Trinajstić information content (AvgIpc) is 3.34. The Morgan fingerprint density at radius 3 is 2.93 bits per heavy atom. The minimum Gasteiger partial charge on any atom is -0.330 e. The van der Waals surface area contributed by atoms with Gasteiger partial charge in [-0.25, -0.2) is 4.98 Å². The lowest BCUT2D eigenvalue weighted by molar-refractivity contribution is -0.114. The summed E-state index contributed by atoms with van der Waals surface area (Å²) in [5.74, 6) is 0.446. The van der Waals surface area contributed by atoms with Crippen molar-refractivity contribution in [2.75, 3.05) is 11.9 Å². The highest BCUT2D eigenvalue weighted by molar-refractivity contribution is 7.15. The monoisotopic (exact) mass is 398 g/mol.